The summed E-state index contributed by atoms with van der Waals surface area (Å²) >= 11 is 0. The predicted octanol–water partition coefficient (Wildman–Crippen LogP) is 1.50. The first-order valence-electron chi connectivity index (χ1n) is 7.75. The van der Waals surface area contributed by atoms with Crippen LogP contribution in [-0.2, 0) is 9.59 Å². The lowest BCUT2D eigenvalue weighted by molar-refractivity contribution is -0.123. The smallest absolute Gasteiger partial charge is 0.234 e. The van der Waals surface area contributed by atoms with Crippen molar-refractivity contribution in [3.05, 3.63) is 35.9 Å². The molecule has 0 bridgehead atoms. The zero-order valence-corrected chi connectivity index (χ0v) is 13.3. The Labute approximate surface area is 131 Å². The Morgan fingerprint density at radius 2 is 1.91 bits per heavy atom. The standard InChI is InChI=1S/C17H25N3O2/c1-17(2,10-14(18)21)19-11-15(22)20-16(13-8-9-13)12-6-4-3-5-7-12/h3-7,13,16,19H,8-11H2,1-2H3,(H2,18,21)(H,20,22)/t16-/m0/s1. The van der Waals surface area contributed by atoms with E-state index in [1.807, 2.05) is 44.2 Å². The number of carbonyl (C=O) groups excluding carboxylic acids is 2. The van der Waals surface area contributed by atoms with Crippen LogP contribution in [0.4, 0.5) is 0 Å². The van der Waals surface area contributed by atoms with Crippen LogP contribution in [0.2, 0.25) is 0 Å². The second-order valence-electron chi connectivity index (χ2n) is 6.67. The third kappa shape index (κ3) is 5.15. The molecular weight excluding hydrogens is 278 g/mol. The largest absolute Gasteiger partial charge is 0.370 e. The van der Waals surface area contributed by atoms with Crippen LogP contribution in [0.15, 0.2) is 30.3 Å². The molecule has 2 amide bonds. The molecule has 22 heavy (non-hydrogen) atoms. The van der Waals surface area contributed by atoms with Crippen LogP contribution in [0.3, 0.4) is 0 Å². The molecule has 120 valence electrons. The SMILES string of the molecule is CC(C)(CC(N)=O)NCC(=O)N[C@@H](c1ccccc1)C1CC1. The molecule has 1 aromatic rings. The van der Waals surface area contributed by atoms with Gasteiger partial charge in [0, 0.05) is 12.0 Å². The van der Waals surface area contributed by atoms with E-state index in [4.69, 9.17) is 5.73 Å². The van der Waals surface area contributed by atoms with E-state index in [9.17, 15) is 9.59 Å². The molecule has 0 aromatic heterocycles. The van der Waals surface area contributed by atoms with Crippen molar-refractivity contribution in [3.63, 3.8) is 0 Å². The Kier molecular flexibility index (Phi) is 5.19. The van der Waals surface area contributed by atoms with E-state index in [0.717, 1.165) is 18.4 Å². The number of nitrogens with two attached hydrogens (primary N) is 1. The van der Waals surface area contributed by atoms with Gasteiger partial charge in [-0.3, -0.25) is 9.59 Å². The van der Waals surface area contributed by atoms with Gasteiger partial charge in [0.1, 0.15) is 0 Å². The van der Waals surface area contributed by atoms with Gasteiger partial charge in [-0.15, -0.1) is 0 Å². The average Bonchev–Trinajstić information content (AvgIpc) is 3.27. The van der Waals surface area contributed by atoms with Gasteiger partial charge < -0.3 is 16.4 Å². The van der Waals surface area contributed by atoms with Crippen LogP contribution < -0.4 is 16.4 Å². The fourth-order valence-corrected chi connectivity index (χ4v) is 2.61. The number of nitrogens with one attached hydrogen (secondary N) is 2. The molecule has 2 rings (SSSR count). The van der Waals surface area contributed by atoms with E-state index in [-0.39, 0.29) is 30.8 Å². The van der Waals surface area contributed by atoms with Crippen molar-refractivity contribution in [2.24, 2.45) is 11.7 Å². The topological polar surface area (TPSA) is 84.2 Å². The Morgan fingerprint density at radius 1 is 1.27 bits per heavy atom. The van der Waals surface area contributed by atoms with Gasteiger partial charge in [-0.25, -0.2) is 0 Å². The molecule has 0 heterocycles. The lowest BCUT2D eigenvalue weighted by atomic mass is 10.00. The number of amides is 2. The van der Waals surface area contributed by atoms with Crippen LogP contribution in [-0.4, -0.2) is 23.9 Å². The van der Waals surface area contributed by atoms with Crippen LogP contribution >= 0.6 is 0 Å². The highest BCUT2D eigenvalue weighted by atomic mass is 16.2. The van der Waals surface area contributed by atoms with Crippen molar-refractivity contribution in [2.45, 2.75) is 44.7 Å². The molecule has 0 aliphatic heterocycles. The first-order chi connectivity index (χ1) is 10.4. The maximum atomic E-state index is 12.2. The monoisotopic (exact) mass is 303 g/mol. The molecule has 1 atom stereocenters. The van der Waals surface area contributed by atoms with Gasteiger partial charge in [-0.05, 0) is 38.2 Å². The third-order valence-electron chi connectivity index (χ3n) is 3.91. The van der Waals surface area contributed by atoms with E-state index in [1.165, 1.54) is 0 Å². The summed E-state index contributed by atoms with van der Waals surface area (Å²) in [5, 5.41) is 6.20. The molecule has 4 N–H and O–H groups in total. The molecule has 0 spiro atoms. The average molecular weight is 303 g/mol. The van der Waals surface area contributed by atoms with E-state index in [1.54, 1.807) is 0 Å². The molecule has 5 heteroatoms. The summed E-state index contributed by atoms with van der Waals surface area (Å²) in [5.74, 6) is 0.0985. The second-order valence-corrected chi connectivity index (χ2v) is 6.67. The Balaban J connectivity index is 1.88. The summed E-state index contributed by atoms with van der Waals surface area (Å²) in [4.78, 5) is 23.2. The van der Waals surface area contributed by atoms with Gasteiger partial charge in [0.05, 0.1) is 12.6 Å². The van der Waals surface area contributed by atoms with Crippen molar-refractivity contribution in [1.82, 2.24) is 10.6 Å². The van der Waals surface area contributed by atoms with Crippen molar-refractivity contribution < 1.29 is 9.59 Å². The zero-order valence-electron chi connectivity index (χ0n) is 13.3. The van der Waals surface area contributed by atoms with Gasteiger partial charge in [0.2, 0.25) is 11.8 Å². The van der Waals surface area contributed by atoms with Gasteiger partial charge >= 0.3 is 0 Å². The number of carbonyl (C=O) groups is 2. The minimum Gasteiger partial charge on any atom is -0.370 e. The van der Waals surface area contributed by atoms with Gasteiger partial charge in [-0.1, -0.05) is 30.3 Å². The molecule has 1 saturated carbocycles. The number of primary amides is 1. The predicted molar refractivity (Wildman–Crippen MR) is 85.9 cm³/mol. The third-order valence-corrected chi connectivity index (χ3v) is 3.91. The Bertz CT molecular complexity index is 524. The lowest BCUT2D eigenvalue weighted by Gasteiger charge is -2.25. The summed E-state index contributed by atoms with van der Waals surface area (Å²) in [6.07, 6.45) is 2.51. The minimum atomic E-state index is -0.481. The molecule has 0 unspecified atom stereocenters. The summed E-state index contributed by atoms with van der Waals surface area (Å²) in [5.41, 5.74) is 5.88. The molecule has 1 aliphatic rings. The summed E-state index contributed by atoms with van der Waals surface area (Å²) in [6, 6.07) is 10.1. The fourth-order valence-electron chi connectivity index (χ4n) is 2.61. The van der Waals surface area contributed by atoms with Gasteiger partial charge in [-0.2, -0.15) is 0 Å². The molecule has 1 aromatic carbocycles. The molecule has 1 fully saturated rings. The highest BCUT2D eigenvalue weighted by molar-refractivity contribution is 5.79. The first-order valence-corrected chi connectivity index (χ1v) is 7.75. The van der Waals surface area contributed by atoms with Crippen molar-refractivity contribution in [2.75, 3.05) is 6.54 Å². The highest BCUT2D eigenvalue weighted by Crippen LogP contribution is 2.40. The van der Waals surface area contributed by atoms with E-state index in [0.29, 0.717) is 5.92 Å². The highest BCUT2D eigenvalue weighted by Gasteiger charge is 2.33. The first kappa shape index (κ1) is 16.5. The quantitative estimate of drug-likeness (QED) is 0.680. The number of benzene rings is 1. The molecular formula is C17H25N3O2. The summed E-state index contributed by atoms with van der Waals surface area (Å²) < 4.78 is 0. The maximum Gasteiger partial charge on any atom is 0.234 e. The normalized spacial score (nSPS) is 16.1. The van der Waals surface area contributed by atoms with Gasteiger partial charge in [0.15, 0.2) is 0 Å². The van der Waals surface area contributed by atoms with Crippen molar-refractivity contribution in [3.8, 4) is 0 Å². The van der Waals surface area contributed by atoms with E-state index < -0.39 is 5.54 Å². The fraction of sp³-hybridized carbons (Fsp3) is 0.529. The Hall–Kier alpha value is -1.88. The van der Waals surface area contributed by atoms with E-state index in [2.05, 4.69) is 10.6 Å². The number of hydrogen-bond donors (Lipinski definition) is 3. The molecule has 1 aliphatic carbocycles. The Morgan fingerprint density at radius 3 is 2.45 bits per heavy atom. The second kappa shape index (κ2) is 6.92. The minimum absolute atomic E-state index is 0.0571. The van der Waals surface area contributed by atoms with Gasteiger partial charge in [0.25, 0.3) is 0 Å². The molecule has 0 saturated heterocycles. The zero-order chi connectivity index (χ0) is 16.2. The summed E-state index contributed by atoms with van der Waals surface area (Å²) in [7, 11) is 0. The van der Waals surface area contributed by atoms with Crippen LogP contribution in [0.25, 0.3) is 0 Å². The van der Waals surface area contributed by atoms with Crippen LogP contribution in [0.5, 0.6) is 0 Å². The van der Waals surface area contributed by atoms with Crippen molar-refractivity contribution >= 4 is 11.8 Å². The van der Waals surface area contributed by atoms with Crippen LogP contribution in [0, 0.1) is 5.92 Å². The molecule has 0 radical (unpaired) electrons. The number of hydrogen-bond acceptors (Lipinski definition) is 3. The maximum absolute atomic E-state index is 12.2. The lowest BCUT2D eigenvalue weighted by Crippen LogP contribution is -2.47. The van der Waals surface area contributed by atoms with Crippen LogP contribution in [0.1, 0.15) is 44.7 Å². The number of rotatable bonds is 8. The van der Waals surface area contributed by atoms with E-state index >= 15 is 0 Å². The molecule has 5 nitrogen and oxygen atoms in total. The van der Waals surface area contributed by atoms with Crippen molar-refractivity contribution in [1.29, 1.82) is 0 Å². The summed E-state index contributed by atoms with van der Waals surface area (Å²) in [6.45, 7) is 3.90.